The molecule has 1 aromatic rings. The van der Waals surface area contributed by atoms with Crippen molar-refractivity contribution >= 4 is 11.9 Å². The summed E-state index contributed by atoms with van der Waals surface area (Å²) < 4.78 is 6.09. The van der Waals surface area contributed by atoms with E-state index in [1.54, 1.807) is 0 Å². The highest BCUT2D eigenvalue weighted by Gasteiger charge is 2.10. The molecule has 7 heteroatoms. The van der Waals surface area contributed by atoms with Crippen molar-refractivity contribution in [1.82, 2.24) is 10.2 Å². The molecule has 3 N–H and O–H groups in total. The van der Waals surface area contributed by atoms with Gasteiger partial charge in [0.05, 0.1) is 6.61 Å². The maximum Gasteiger partial charge on any atom is 0.414 e. The summed E-state index contributed by atoms with van der Waals surface area (Å²) in [5, 5.41) is 18.2. The monoisotopic (exact) mass is 392 g/mol. The number of aryl methyl sites for hydroxylation is 2. The lowest BCUT2D eigenvalue weighted by atomic mass is 10.0. The lowest BCUT2D eigenvalue weighted by molar-refractivity contribution is -0.159. The Morgan fingerprint density at radius 2 is 1.82 bits per heavy atom. The highest BCUT2D eigenvalue weighted by Crippen LogP contribution is 2.26. The van der Waals surface area contributed by atoms with Crippen molar-refractivity contribution in [1.29, 1.82) is 0 Å². The molecule has 1 fully saturated rings. The summed E-state index contributed by atoms with van der Waals surface area (Å²) in [5.74, 6) is -2.59. The number of piperazine rings is 1. The molecule has 0 radical (unpaired) electrons. The van der Waals surface area contributed by atoms with Crippen LogP contribution in [0, 0.1) is 13.8 Å². The number of benzene rings is 1. The number of hydrogen-bond acceptors (Lipinski definition) is 5. The minimum Gasteiger partial charge on any atom is -0.493 e. The number of hydrogen-bond donors (Lipinski definition) is 3. The van der Waals surface area contributed by atoms with E-state index in [2.05, 4.69) is 42.8 Å². The van der Waals surface area contributed by atoms with E-state index in [1.165, 1.54) is 42.7 Å². The van der Waals surface area contributed by atoms with Gasteiger partial charge in [-0.1, -0.05) is 23.8 Å². The molecular weight excluding hydrogens is 360 g/mol. The molecule has 7 nitrogen and oxygen atoms in total. The number of allylic oxidation sites excluding steroid dienone is 1. The Morgan fingerprint density at radius 1 is 1.18 bits per heavy atom. The Morgan fingerprint density at radius 3 is 2.39 bits per heavy atom. The van der Waals surface area contributed by atoms with Crippen LogP contribution in [0.1, 0.15) is 29.5 Å². The van der Waals surface area contributed by atoms with Crippen LogP contribution >= 0.6 is 0 Å². The number of nitrogens with zero attached hydrogens (tertiary/aromatic N) is 1. The third kappa shape index (κ3) is 9.01. The van der Waals surface area contributed by atoms with E-state index in [-0.39, 0.29) is 0 Å². The number of unbranched alkanes of at least 4 members (excludes halogenated alkanes) is 1. The largest absolute Gasteiger partial charge is 0.493 e. The quantitative estimate of drug-likeness (QED) is 0.354. The summed E-state index contributed by atoms with van der Waals surface area (Å²) in [6.45, 7) is 14.7. The van der Waals surface area contributed by atoms with Gasteiger partial charge in [-0.25, -0.2) is 9.59 Å². The lowest BCUT2D eigenvalue weighted by Crippen LogP contribution is -2.43. The second kappa shape index (κ2) is 12.9. The molecule has 1 aliphatic rings. The van der Waals surface area contributed by atoms with Gasteiger partial charge >= 0.3 is 11.9 Å². The first-order valence-electron chi connectivity index (χ1n) is 9.58. The molecule has 0 aliphatic carbocycles. The molecule has 0 atom stereocenters. The molecule has 0 bridgehead atoms. The van der Waals surface area contributed by atoms with Gasteiger partial charge in [-0.3, -0.25) is 0 Å². The van der Waals surface area contributed by atoms with Crippen molar-refractivity contribution in [3.05, 3.63) is 41.5 Å². The van der Waals surface area contributed by atoms with E-state index >= 15 is 0 Å². The second-order valence-corrected chi connectivity index (χ2v) is 6.82. The van der Waals surface area contributed by atoms with E-state index in [0.29, 0.717) is 0 Å². The van der Waals surface area contributed by atoms with Crippen LogP contribution in [-0.2, 0) is 16.0 Å². The maximum atomic E-state index is 9.10. The van der Waals surface area contributed by atoms with Crippen LogP contribution in [-0.4, -0.2) is 66.4 Å². The van der Waals surface area contributed by atoms with Gasteiger partial charge in [0, 0.05) is 26.2 Å². The minimum absolute atomic E-state index is 0.806. The average Bonchev–Trinajstić information content (AvgIpc) is 2.64. The van der Waals surface area contributed by atoms with Crippen molar-refractivity contribution in [2.24, 2.45) is 0 Å². The number of carboxylic acid groups (broad SMARTS) is 2. The third-order valence-corrected chi connectivity index (χ3v) is 4.37. The van der Waals surface area contributed by atoms with E-state index in [4.69, 9.17) is 24.5 Å². The summed E-state index contributed by atoms with van der Waals surface area (Å²) in [4.78, 5) is 20.7. The van der Waals surface area contributed by atoms with Crippen LogP contribution in [0.3, 0.4) is 0 Å². The number of rotatable bonds is 8. The predicted molar refractivity (Wildman–Crippen MR) is 109 cm³/mol. The maximum absolute atomic E-state index is 9.10. The average molecular weight is 392 g/mol. The molecule has 1 saturated heterocycles. The molecule has 0 unspecified atom stereocenters. The Labute approximate surface area is 167 Å². The summed E-state index contributed by atoms with van der Waals surface area (Å²) in [5.41, 5.74) is 3.79. The summed E-state index contributed by atoms with van der Waals surface area (Å²) in [7, 11) is 0. The lowest BCUT2D eigenvalue weighted by Gasteiger charge is -2.27. The normalized spacial score (nSPS) is 13.9. The Kier molecular flexibility index (Phi) is 10.9. The van der Waals surface area contributed by atoms with Crippen molar-refractivity contribution in [2.75, 3.05) is 39.3 Å². The van der Waals surface area contributed by atoms with Gasteiger partial charge in [0.2, 0.25) is 0 Å². The number of aliphatic carboxylic acids is 2. The van der Waals surface area contributed by atoms with Crippen LogP contribution in [0.15, 0.2) is 24.8 Å². The zero-order chi connectivity index (χ0) is 20.9. The third-order valence-electron chi connectivity index (χ3n) is 4.37. The standard InChI is InChI=1S/C19H30N2O.C2H2O4/c1-4-7-18-15-16(2)14-17(3)19(18)22-13-6-5-10-21-11-8-20-9-12-21;3-1(4)2(5)6/h4,14-15,20H,1,5-13H2,2-3H3;(H,3,4)(H,5,6). The molecule has 2 rings (SSSR count). The van der Waals surface area contributed by atoms with Crippen LogP contribution in [0.2, 0.25) is 0 Å². The van der Waals surface area contributed by atoms with Gasteiger partial charge < -0.3 is 25.2 Å². The van der Waals surface area contributed by atoms with Gasteiger partial charge in [-0.15, -0.1) is 6.58 Å². The highest BCUT2D eigenvalue weighted by molar-refractivity contribution is 6.27. The Hall–Kier alpha value is -2.38. The highest BCUT2D eigenvalue weighted by atomic mass is 16.5. The topological polar surface area (TPSA) is 99.1 Å². The van der Waals surface area contributed by atoms with E-state index in [1.807, 2.05) is 6.08 Å². The fraction of sp³-hybridized carbons (Fsp3) is 0.524. The summed E-state index contributed by atoms with van der Waals surface area (Å²) in [6, 6.07) is 4.41. The minimum atomic E-state index is -1.82. The smallest absolute Gasteiger partial charge is 0.414 e. The number of carboxylic acids is 2. The fourth-order valence-electron chi connectivity index (χ4n) is 3.10. The molecule has 1 heterocycles. The van der Waals surface area contributed by atoms with Gasteiger partial charge in [0.15, 0.2) is 0 Å². The number of ether oxygens (including phenoxy) is 1. The number of carbonyl (C=O) groups is 2. The summed E-state index contributed by atoms with van der Waals surface area (Å²) in [6.07, 6.45) is 5.15. The Balaban J connectivity index is 0.000000568. The van der Waals surface area contributed by atoms with Crippen molar-refractivity contribution < 1.29 is 24.5 Å². The molecule has 28 heavy (non-hydrogen) atoms. The molecule has 1 aromatic carbocycles. The molecule has 0 saturated carbocycles. The SMILES string of the molecule is C=CCc1cc(C)cc(C)c1OCCCCN1CCNCC1.O=C(O)C(=O)O. The van der Waals surface area contributed by atoms with E-state index < -0.39 is 11.9 Å². The van der Waals surface area contributed by atoms with Crippen LogP contribution in [0.25, 0.3) is 0 Å². The van der Waals surface area contributed by atoms with E-state index in [9.17, 15) is 0 Å². The van der Waals surface area contributed by atoms with Gasteiger partial charge in [0.25, 0.3) is 0 Å². The zero-order valence-corrected chi connectivity index (χ0v) is 16.9. The van der Waals surface area contributed by atoms with Crippen molar-refractivity contribution in [3.63, 3.8) is 0 Å². The molecule has 0 aromatic heterocycles. The van der Waals surface area contributed by atoms with Gasteiger partial charge in [-0.2, -0.15) is 0 Å². The fourth-order valence-corrected chi connectivity index (χ4v) is 3.10. The van der Waals surface area contributed by atoms with Gasteiger partial charge in [-0.05, 0) is 50.8 Å². The zero-order valence-electron chi connectivity index (χ0n) is 16.9. The summed E-state index contributed by atoms with van der Waals surface area (Å²) >= 11 is 0. The molecule has 156 valence electrons. The first-order chi connectivity index (χ1) is 13.3. The molecular formula is C21H32N2O5. The Bertz CT molecular complexity index is 642. The van der Waals surface area contributed by atoms with Gasteiger partial charge in [0.1, 0.15) is 5.75 Å². The molecule has 0 spiro atoms. The molecule has 0 amide bonds. The van der Waals surface area contributed by atoms with Crippen molar-refractivity contribution in [3.8, 4) is 5.75 Å². The van der Waals surface area contributed by atoms with E-state index in [0.717, 1.165) is 38.3 Å². The van der Waals surface area contributed by atoms with Crippen LogP contribution in [0.4, 0.5) is 0 Å². The predicted octanol–water partition coefficient (Wildman–Crippen LogP) is 2.25. The first kappa shape index (κ1) is 23.7. The van der Waals surface area contributed by atoms with Crippen LogP contribution < -0.4 is 10.1 Å². The molecule has 1 aliphatic heterocycles. The second-order valence-electron chi connectivity index (χ2n) is 6.82. The van der Waals surface area contributed by atoms with Crippen LogP contribution in [0.5, 0.6) is 5.75 Å². The van der Waals surface area contributed by atoms with Crippen molar-refractivity contribution in [2.45, 2.75) is 33.1 Å². The first-order valence-corrected chi connectivity index (χ1v) is 9.58. The number of nitrogens with one attached hydrogen (secondary N) is 1.